The van der Waals surface area contributed by atoms with Crippen LogP contribution in [0.3, 0.4) is 0 Å². The van der Waals surface area contributed by atoms with Crippen LogP contribution in [0.5, 0.6) is 0 Å². The van der Waals surface area contributed by atoms with Crippen LogP contribution >= 0.6 is 0 Å². The smallest absolute Gasteiger partial charge is 0.269 e. The van der Waals surface area contributed by atoms with Gasteiger partial charge in [-0.1, -0.05) is 18.2 Å². The van der Waals surface area contributed by atoms with E-state index in [1.54, 1.807) is 12.1 Å². The van der Waals surface area contributed by atoms with Crippen molar-refractivity contribution in [2.45, 2.75) is 31.8 Å². The van der Waals surface area contributed by atoms with Gasteiger partial charge in [-0.25, -0.2) is 4.98 Å². The second-order valence-corrected chi connectivity index (χ2v) is 6.53. The quantitative estimate of drug-likeness (QED) is 0.505. The summed E-state index contributed by atoms with van der Waals surface area (Å²) in [5.74, 6) is 0.0345. The molecule has 0 aliphatic heterocycles. The van der Waals surface area contributed by atoms with Gasteiger partial charge in [-0.3, -0.25) is 14.9 Å². The van der Waals surface area contributed by atoms with E-state index in [0.717, 1.165) is 29.7 Å². The van der Waals surface area contributed by atoms with Gasteiger partial charge in [-0.05, 0) is 30.5 Å². The molecule has 1 aromatic carbocycles. The van der Waals surface area contributed by atoms with Crippen LogP contribution in [-0.2, 0) is 17.8 Å². The monoisotopic (exact) mass is 350 g/mol. The summed E-state index contributed by atoms with van der Waals surface area (Å²) in [4.78, 5) is 29.4. The normalized spacial score (nSPS) is 13.7. The van der Waals surface area contributed by atoms with E-state index in [2.05, 4.69) is 4.98 Å². The van der Waals surface area contributed by atoms with Crippen molar-refractivity contribution in [1.82, 2.24) is 14.3 Å². The number of rotatable bonds is 6. The molecule has 1 aliphatic carbocycles. The maximum absolute atomic E-state index is 12.8. The highest BCUT2D eigenvalue weighted by atomic mass is 16.6. The maximum atomic E-state index is 12.8. The van der Waals surface area contributed by atoms with Crippen LogP contribution in [0.15, 0.2) is 54.9 Å². The zero-order valence-corrected chi connectivity index (χ0v) is 14.1. The van der Waals surface area contributed by atoms with Crippen molar-refractivity contribution in [3.63, 3.8) is 0 Å². The molecule has 0 spiro atoms. The number of fused-ring (bicyclic) bond motifs is 1. The predicted molar refractivity (Wildman–Crippen MR) is 95.6 cm³/mol. The lowest BCUT2D eigenvalue weighted by molar-refractivity contribution is -0.384. The summed E-state index contributed by atoms with van der Waals surface area (Å²) in [6, 6.07) is 12.3. The third kappa shape index (κ3) is 3.28. The Labute approximate surface area is 150 Å². The Kier molecular flexibility index (Phi) is 4.12. The van der Waals surface area contributed by atoms with Crippen molar-refractivity contribution < 1.29 is 9.72 Å². The topological polar surface area (TPSA) is 80.8 Å². The highest BCUT2D eigenvalue weighted by Crippen LogP contribution is 2.29. The van der Waals surface area contributed by atoms with E-state index in [4.69, 9.17) is 0 Å². The molecule has 3 aromatic rings. The number of nitrogens with zero attached hydrogens (tertiary/aromatic N) is 4. The zero-order chi connectivity index (χ0) is 18.1. The number of benzene rings is 1. The first kappa shape index (κ1) is 16.3. The maximum Gasteiger partial charge on any atom is 0.269 e. The highest BCUT2D eigenvalue weighted by Gasteiger charge is 2.33. The number of amides is 1. The lowest BCUT2D eigenvalue weighted by Gasteiger charge is -2.22. The average Bonchev–Trinajstić information content (AvgIpc) is 3.40. The SMILES string of the molecule is O=C(Cc1ccc([N+](=O)[O-])cc1)N(Cc1cnc2ccccn12)C1CC1. The van der Waals surface area contributed by atoms with Crippen LogP contribution in [0.25, 0.3) is 5.65 Å². The number of hydrogen-bond donors (Lipinski definition) is 0. The molecule has 7 heteroatoms. The van der Waals surface area contributed by atoms with Gasteiger partial charge < -0.3 is 9.30 Å². The van der Waals surface area contributed by atoms with Gasteiger partial charge in [-0.15, -0.1) is 0 Å². The van der Waals surface area contributed by atoms with Gasteiger partial charge in [0.1, 0.15) is 5.65 Å². The fourth-order valence-corrected chi connectivity index (χ4v) is 3.10. The number of non-ortho nitro benzene ring substituents is 1. The van der Waals surface area contributed by atoms with Crippen LogP contribution in [-0.4, -0.2) is 31.2 Å². The first-order valence-corrected chi connectivity index (χ1v) is 8.55. The number of carbonyl (C=O) groups excluding carboxylic acids is 1. The lowest BCUT2D eigenvalue weighted by atomic mass is 10.1. The number of nitro groups is 1. The van der Waals surface area contributed by atoms with E-state index in [1.165, 1.54) is 12.1 Å². The second-order valence-electron chi connectivity index (χ2n) is 6.53. The van der Waals surface area contributed by atoms with Crippen LogP contribution < -0.4 is 0 Å². The predicted octanol–water partition coefficient (Wildman–Crippen LogP) is 2.98. The first-order valence-electron chi connectivity index (χ1n) is 8.55. The molecule has 2 aromatic heterocycles. The molecule has 1 saturated carbocycles. The average molecular weight is 350 g/mol. The number of pyridine rings is 1. The Balaban J connectivity index is 1.51. The molecule has 1 aliphatic rings. The van der Waals surface area contributed by atoms with Crippen LogP contribution in [0.1, 0.15) is 24.1 Å². The summed E-state index contributed by atoms with van der Waals surface area (Å²) >= 11 is 0. The van der Waals surface area contributed by atoms with E-state index in [-0.39, 0.29) is 24.1 Å². The number of aromatic nitrogens is 2. The Morgan fingerprint density at radius 3 is 2.69 bits per heavy atom. The third-order valence-electron chi connectivity index (χ3n) is 4.64. The standard InChI is InChI=1S/C19H18N4O3/c24-19(11-14-4-6-16(7-5-14)23(25)26)22(15-8-9-15)13-17-12-20-18-3-1-2-10-21(17)18/h1-7,10,12,15H,8-9,11,13H2. The van der Waals surface area contributed by atoms with Gasteiger partial charge in [0.15, 0.2) is 0 Å². The van der Waals surface area contributed by atoms with Gasteiger partial charge in [0.2, 0.25) is 5.91 Å². The zero-order valence-electron chi connectivity index (χ0n) is 14.1. The summed E-state index contributed by atoms with van der Waals surface area (Å²) < 4.78 is 1.99. The number of imidazole rings is 1. The van der Waals surface area contributed by atoms with Gasteiger partial charge >= 0.3 is 0 Å². The third-order valence-corrected chi connectivity index (χ3v) is 4.64. The van der Waals surface area contributed by atoms with Crippen molar-refractivity contribution >= 4 is 17.2 Å². The number of nitro benzene ring substituents is 1. The lowest BCUT2D eigenvalue weighted by Crippen LogP contribution is -2.34. The second kappa shape index (κ2) is 6.59. The van der Waals surface area contributed by atoms with Gasteiger partial charge in [0, 0.05) is 24.4 Å². The largest absolute Gasteiger partial charge is 0.334 e. The van der Waals surface area contributed by atoms with E-state index in [1.807, 2.05) is 39.9 Å². The van der Waals surface area contributed by atoms with Gasteiger partial charge in [-0.2, -0.15) is 0 Å². The fourth-order valence-electron chi connectivity index (χ4n) is 3.10. The minimum atomic E-state index is -0.438. The Morgan fingerprint density at radius 2 is 2.00 bits per heavy atom. The van der Waals surface area contributed by atoms with Crippen LogP contribution in [0.4, 0.5) is 5.69 Å². The summed E-state index contributed by atoms with van der Waals surface area (Å²) in [5, 5.41) is 10.7. The molecule has 1 amide bonds. The van der Waals surface area contributed by atoms with Crippen molar-refractivity contribution in [3.8, 4) is 0 Å². The van der Waals surface area contributed by atoms with Crippen molar-refractivity contribution in [1.29, 1.82) is 0 Å². The van der Waals surface area contributed by atoms with Crippen molar-refractivity contribution in [2.24, 2.45) is 0 Å². The Hall–Kier alpha value is -3.22. The molecule has 2 heterocycles. The highest BCUT2D eigenvalue weighted by molar-refractivity contribution is 5.79. The molecular formula is C19H18N4O3. The molecule has 0 N–H and O–H groups in total. The Bertz CT molecular complexity index is 960. The van der Waals surface area contributed by atoms with Gasteiger partial charge in [0.25, 0.3) is 5.69 Å². The number of hydrogen-bond acceptors (Lipinski definition) is 4. The molecular weight excluding hydrogens is 332 g/mol. The first-order chi connectivity index (χ1) is 12.6. The molecule has 0 atom stereocenters. The summed E-state index contributed by atoms with van der Waals surface area (Å²) in [6.07, 6.45) is 6.03. The molecule has 0 radical (unpaired) electrons. The van der Waals surface area contributed by atoms with E-state index in [9.17, 15) is 14.9 Å². The van der Waals surface area contributed by atoms with Crippen molar-refractivity contribution in [3.05, 3.63) is 76.2 Å². The summed E-state index contributed by atoms with van der Waals surface area (Å²) in [6.45, 7) is 0.516. The Morgan fingerprint density at radius 1 is 1.23 bits per heavy atom. The summed E-state index contributed by atoms with van der Waals surface area (Å²) in [5.41, 5.74) is 2.65. The van der Waals surface area contributed by atoms with Crippen LogP contribution in [0, 0.1) is 10.1 Å². The minimum absolute atomic E-state index is 0.0333. The molecule has 26 heavy (non-hydrogen) atoms. The fraction of sp³-hybridized carbons (Fsp3) is 0.263. The van der Waals surface area contributed by atoms with E-state index >= 15 is 0 Å². The summed E-state index contributed by atoms with van der Waals surface area (Å²) in [7, 11) is 0. The molecule has 0 unspecified atom stereocenters. The molecule has 0 saturated heterocycles. The molecule has 4 rings (SSSR count). The van der Waals surface area contributed by atoms with Crippen LogP contribution in [0.2, 0.25) is 0 Å². The molecule has 0 bridgehead atoms. The molecule has 1 fully saturated rings. The van der Waals surface area contributed by atoms with E-state index in [0.29, 0.717) is 6.54 Å². The van der Waals surface area contributed by atoms with E-state index < -0.39 is 4.92 Å². The molecule has 7 nitrogen and oxygen atoms in total. The number of carbonyl (C=O) groups is 1. The van der Waals surface area contributed by atoms with Crippen molar-refractivity contribution in [2.75, 3.05) is 0 Å². The molecule has 132 valence electrons. The van der Waals surface area contributed by atoms with Gasteiger partial charge in [0.05, 0.1) is 29.8 Å². The minimum Gasteiger partial charge on any atom is -0.334 e.